The normalized spacial score (nSPS) is 24.0. The molecule has 1 aromatic carbocycles. The molecule has 0 amide bonds. The highest BCUT2D eigenvalue weighted by Crippen LogP contribution is 2.44. The topological polar surface area (TPSA) is 7.12 Å². The Morgan fingerprint density at radius 1 is 1.19 bits per heavy atom. The maximum Gasteiger partial charge on any atom is 0.263 e. The van der Waals surface area contributed by atoms with E-state index >= 15 is 0 Å². The summed E-state index contributed by atoms with van der Waals surface area (Å²) in [5.74, 6) is 0. The second-order valence-corrected chi connectivity index (χ2v) is 8.71. The number of piperidine rings is 1. The SMILES string of the molecule is CC[n+]1c(C=C2CC3CCCCN3C3=C2CCC3)sc2ccccc21.[I-]. The van der Waals surface area contributed by atoms with E-state index in [2.05, 4.69) is 46.7 Å². The number of aryl methyl sites for hydroxylation is 1. The van der Waals surface area contributed by atoms with E-state index < -0.39 is 0 Å². The van der Waals surface area contributed by atoms with E-state index in [1.54, 1.807) is 16.8 Å². The number of fused-ring (bicyclic) bond motifs is 3. The first-order valence-electron chi connectivity index (χ1n) is 9.96. The van der Waals surface area contributed by atoms with E-state index in [-0.39, 0.29) is 24.0 Å². The Bertz CT molecular complexity index is 879. The van der Waals surface area contributed by atoms with Gasteiger partial charge >= 0.3 is 0 Å². The standard InChI is InChI=1S/C22H27N2S.HI/c1-2-23-20-10-3-4-12-21(20)25-22(23)15-16-14-17-8-5-6-13-24(17)19-11-7-9-18(16)19;/h3-4,10,12,15,17H,2,5-9,11,13-14H2,1H3;1H/q+1;/p-1. The summed E-state index contributed by atoms with van der Waals surface area (Å²) in [5.41, 5.74) is 6.42. The molecule has 2 aliphatic heterocycles. The zero-order chi connectivity index (χ0) is 16.8. The van der Waals surface area contributed by atoms with Crippen molar-refractivity contribution in [2.24, 2.45) is 0 Å². The van der Waals surface area contributed by atoms with Gasteiger partial charge in [0.25, 0.3) is 5.01 Å². The maximum atomic E-state index is 2.78. The number of rotatable bonds is 2. The Labute approximate surface area is 177 Å². The molecule has 1 atom stereocenters. The summed E-state index contributed by atoms with van der Waals surface area (Å²) >= 11 is 1.96. The molecule has 26 heavy (non-hydrogen) atoms. The maximum absolute atomic E-state index is 2.78. The van der Waals surface area contributed by atoms with E-state index in [9.17, 15) is 0 Å². The lowest BCUT2D eigenvalue weighted by atomic mass is 9.86. The summed E-state index contributed by atoms with van der Waals surface area (Å²) in [4.78, 5) is 2.78. The predicted octanol–water partition coefficient (Wildman–Crippen LogP) is 2.29. The minimum Gasteiger partial charge on any atom is -1.00 e. The molecule has 1 aliphatic carbocycles. The van der Waals surface area contributed by atoms with Crippen LogP contribution in [-0.4, -0.2) is 17.5 Å². The molecule has 4 heteroatoms. The number of halogens is 1. The van der Waals surface area contributed by atoms with Gasteiger partial charge < -0.3 is 28.9 Å². The van der Waals surface area contributed by atoms with Crippen LogP contribution in [0.5, 0.6) is 0 Å². The fourth-order valence-electron chi connectivity index (χ4n) is 5.12. The second kappa shape index (κ2) is 7.63. The molecule has 2 aromatic rings. The van der Waals surface area contributed by atoms with Gasteiger partial charge in [-0.05, 0) is 69.1 Å². The Hall–Kier alpha value is -0.880. The summed E-state index contributed by atoms with van der Waals surface area (Å²) in [6, 6.07) is 9.62. The Morgan fingerprint density at radius 2 is 2.08 bits per heavy atom. The van der Waals surface area contributed by atoms with Gasteiger partial charge in [-0.3, -0.25) is 0 Å². The molecule has 1 fully saturated rings. The zero-order valence-corrected chi connectivity index (χ0v) is 18.5. The first-order chi connectivity index (χ1) is 12.3. The quantitative estimate of drug-likeness (QED) is 0.475. The number of allylic oxidation sites excluding steroid dienone is 2. The van der Waals surface area contributed by atoms with Crippen LogP contribution in [0.1, 0.15) is 56.9 Å². The molecule has 3 aliphatic rings. The van der Waals surface area contributed by atoms with Crippen LogP contribution in [0.2, 0.25) is 0 Å². The Balaban J connectivity index is 0.00000168. The number of para-hydroxylation sites is 1. The van der Waals surface area contributed by atoms with Gasteiger partial charge in [-0.15, -0.1) is 0 Å². The molecule has 3 heterocycles. The third-order valence-electron chi connectivity index (χ3n) is 6.26. The van der Waals surface area contributed by atoms with E-state index in [1.165, 1.54) is 66.7 Å². The molecule has 1 saturated heterocycles. The van der Waals surface area contributed by atoms with E-state index in [4.69, 9.17) is 0 Å². The molecule has 0 bridgehead atoms. The van der Waals surface area contributed by atoms with Gasteiger partial charge in [0.2, 0.25) is 5.52 Å². The lowest BCUT2D eigenvalue weighted by Crippen LogP contribution is -3.00. The third kappa shape index (κ3) is 3.03. The van der Waals surface area contributed by atoms with Crippen LogP contribution in [-0.2, 0) is 6.54 Å². The van der Waals surface area contributed by atoms with Crippen LogP contribution in [0.3, 0.4) is 0 Å². The van der Waals surface area contributed by atoms with Crippen molar-refractivity contribution in [3.05, 3.63) is 46.1 Å². The van der Waals surface area contributed by atoms with Crippen molar-refractivity contribution in [3.63, 3.8) is 0 Å². The van der Waals surface area contributed by atoms with Crippen molar-refractivity contribution >= 4 is 27.6 Å². The monoisotopic (exact) mass is 478 g/mol. The second-order valence-electron chi connectivity index (χ2n) is 7.65. The van der Waals surface area contributed by atoms with Gasteiger partial charge in [-0.25, -0.2) is 0 Å². The van der Waals surface area contributed by atoms with Crippen LogP contribution in [0.25, 0.3) is 16.3 Å². The minimum absolute atomic E-state index is 0. The molecular formula is C22H27IN2S. The van der Waals surface area contributed by atoms with Gasteiger partial charge in [0.1, 0.15) is 11.2 Å². The van der Waals surface area contributed by atoms with Gasteiger partial charge in [0.05, 0.1) is 0 Å². The van der Waals surface area contributed by atoms with Crippen molar-refractivity contribution in [1.29, 1.82) is 0 Å². The number of hydrogen-bond acceptors (Lipinski definition) is 2. The highest BCUT2D eigenvalue weighted by atomic mass is 127. The number of aromatic nitrogens is 1. The third-order valence-corrected chi connectivity index (χ3v) is 7.37. The number of benzene rings is 1. The first kappa shape index (κ1) is 18.5. The van der Waals surface area contributed by atoms with Gasteiger partial charge in [-0.1, -0.05) is 23.5 Å². The van der Waals surface area contributed by atoms with Crippen molar-refractivity contribution in [2.75, 3.05) is 6.54 Å². The van der Waals surface area contributed by atoms with Crippen molar-refractivity contribution in [2.45, 2.75) is 64.5 Å². The molecule has 138 valence electrons. The average Bonchev–Trinajstić information content (AvgIpc) is 3.26. The van der Waals surface area contributed by atoms with Gasteiger partial charge in [0.15, 0.2) is 0 Å². The van der Waals surface area contributed by atoms with Crippen LogP contribution in [0, 0.1) is 0 Å². The smallest absolute Gasteiger partial charge is 0.263 e. The first-order valence-corrected chi connectivity index (χ1v) is 10.8. The summed E-state index contributed by atoms with van der Waals surface area (Å²) < 4.78 is 3.90. The summed E-state index contributed by atoms with van der Waals surface area (Å²) in [6.45, 7) is 4.62. The van der Waals surface area contributed by atoms with Crippen LogP contribution < -0.4 is 28.5 Å². The lowest BCUT2D eigenvalue weighted by Gasteiger charge is -2.43. The number of hydrogen-bond donors (Lipinski definition) is 0. The summed E-state index contributed by atoms with van der Waals surface area (Å²) in [5, 5.41) is 1.43. The Kier molecular flexibility index (Phi) is 5.42. The minimum atomic E-state index is 0. The fraction of sp³-hybridized carbons (Fsp3) is 0.500. The fourth-order valence-corrected chi connectivity index (χ4v) is 6.31. The highest BCUT2D eigenvalue weighted by Gasteiger charge is 2.35. The van der Waals surface area contributed by atoms with Crippen molar-refractivity contribution in [1.82, 2.24) is 4.90 Å². The molecule has 1 aromatic heterocycles. The van der Waals surface area contributed by atoms with E-state index in [0.29, 0.717) is 0 Å². The predicted molar refractivity (Wildman–Crippen MR) is 106 cm³/mol. The van der Waals surface area contributed by atoms with Crippen LogP contribution >= 0.6 is 11.3 Å². The molecule has 0 saturated carbocycles. The molecular weight excluding hydrogens is 451 g/mol. The average molecular weight is 478 g/mol. The van der Waals surface area contributed by atoms with Crippen LogP contribution in [0.4, 0.5) is 0 Å². The van der Waals surface area contributed by atoms with E-state index in [1.807, 2.05) is 11.3 Å². The highest BCUT2D eigenvalue weighted by molar-refractivity contribution is 7.18. The summed E-state index contributed by atoms with van der Waals surface area (Å²) in [7, 11) is 0. The van der Waals surface area contributed by atoms with Crippen LogP contribution in [0.15, 0.2) is 41.1 Å². The molecule has 5 rings (SSSR count). The van der Waals surface area contributed by atoms with Crippen molar-refractivity contribution in [3.8, 4) is 0 Å². The molecule has 1 unspecified atom stereocenters. The lowest BCUT2D eigenvalue weighted by molar-refractivity contribution is -0.665. The van der Waals surface area contributed by atoms with Gasteiger partial charge in [0, 0.05) is 30.4 Å². The van der Waals surface area contributed by atoms with Crippen molar-refractivity contribution < 1.29 is 28.5 Å². The molecule has 0 radical (unpaired) electrons. The Morgan fingerprint density at radius 3 is 2.96 bits per heavy atom. The van der Waals surface area contributed by atoms with E-state index in [0.717, 1.165) is 12.6 Å². The molecule has 2 nitrogen and oxygen atoms in total. The number of nitrogens with zero attached hydrogens (tertiary/aromatic N) is 2. The largest absolute Gasteiger partial charge is 1.00 e. The van der Waals surface area contributed by atoms with Gasteiger partial charge in [-0.2, -0.15) is 4.57 Å². The zero-order valence-electron chi connectivity index (χ0n) is 15.5. The molecule has 0 N–H and O–H groups in total. The molecule has 0 spiro atoms. The number of thiazole rings is 1. The summed E-state index contributed by atoms with van der Waals surface area (Å²) in [6.07, 6.45) is 11.9.